The predicted molar refractivity (Wildman–Crippen MR) is 59.4 cm³/mol. The quantitative estimate of drug-likeness (QED) is 0.586. The fourth-order valence-corrected chi connectivity index (χ4v) is 1.18. The summed E-state index contributed by atoms with van der Waals surface area (Å²) in [5, 5.41) is 8.16. The van der Waals surface area contributed by atoms with Crippen molar-refractivity contribution in [1.29, 1.82) is 0 Å². The van der Waals surface area contributed by atoms with E-state index in [9.17, 15) is 9.59 Å². The van der Waals surface area contributed by atoms with Gasteiger partial charge in [-0.1, -0.05) is 6.92 Å². The highest BCUT2D eigenvalue weighted by atomic mass is 16.2. The molecule has 0 aliphatic heterocycles. The van der Waals surface area contributed by atoms with E-state index in [2.05, 4.69) is 16.0 Å². The fraction of sp³-hybridized carbons (Fsp3) is 0.800. The minimum absolute atomic E-state index is 0.180. The van der Waals surface area contributed by atoms with Gasteiger partial charge in [0, 0.05) is 7.05 Å². The Morgan fingerprint density at radius 2 is 1.87 bits per heavy atom. The van der Waals surface area contributed by atoms with Gasteiger partial charge in [0.25, 0.3) is 0 Å². The Morgan fingerprint density at radius 1 is 1.33 bits per heavy atom. The van der Waals surface area contributed by atoms with Crippen LogP contribution in [-0.2, 0) is 9.59 Å². The van der Waals surface area contributed by atoms with Gasteiger partial charge in [-0.25, -0.2) is 0 Å². The normalized spacial score (nSPS) is 13.1. The second-order valence-electron chi connectivity index (χ2n) is 3.96. The number of hydrogen-bond acceptors (Lipinski definition) is 3. The number of likely N-dealkylation sites (N-methyl/N-ethyl adjacent to an activating group) is 2. The summed E-state index contributed by atoms with van der Waals surface area (Å²) in [4.78, 5) is 22.9. The Morgan fingerprint density at radius 3 is 2.27 bits per heavy atom. The maximum Gasteiger partial charge on any atom is 0.242 e. The van der Waals surface area contributed by atoms with Gasteiger partial charge in [-0.2, -0.15) is 0 Å². The molecule has 2 amide bonds. The van der Waals surface area contributed by atoms with Crippen LogP contribution in [0.4, 0.5) is 0 Å². The van der Waals surface area contributed by atoms with E-state index < -0.39 is 11.6 Å². The van der Waals surface area contributed by atoms with Crippen molar-refractivity contribution in [1.82, 2.24) is 16.0 Å². The Labute approximate surface area is 91.0 Å². The molecule has 5 heteroatoms. The Bertz CT molecular complexity index is 239. The SMILES string of the molecule is CCNC(C)(C)C(=O)NC(C)C(=O)NC. The van der Waals surface area contributed by atoms with Crippen molar-refractivity contribution < 1.29 is 9.59 Å². The van der Waals surface area contributed by atoms with E-state index in [0.29, 0.717) is 6.54 Å². The topological polar surface area (TPSA) is 70.2 Å². The van der Waals surface area contributed by atoms with Crippen molar-refractivity contribution in [2.24, 2.45) is 0 Å². The Kier molecular flexibility index (Phi) is 5.28. The molecule has 0 aromatic heterocycles. The van der Waals surface area contributed by atoms with Crippen LogP contribution >= 0.6 is 0 Å². The van der Waals surface area contributed by atoms with Gasteiger partial charge in [0.15, 0.2) is 0 Å². The van der Waals surface area contributed by atoms with Crippen LogP contribution in [0.25, 0.3) is 0 Å². The van der Waals surface area contributed by atoms with Crippen LogP contribution in [0.15, 0.2) is 0 Å². The third kappa shape index (κ3) is 4.29. The molecule has 5 nitrogen and oxygen atoms in total. The lowest BCUT2D eigenvalue weighted by atomic mass is 10.0. The molecule has 0 spiro atoms. The zero-order chi connectivity index (χ0) is 12.1. The van der Waals surface area contributed by atoms with Gasteiger partial charge in [-0.15, -0.1) is 0 Å². The molecule has 0 radical (unpaired) electrons. The van der Waals surface area contributed by atoms with Gasteiger partial charge in [0.05, 0.1) is 5.54 Å². The van der Waals surface area contributed by atoms with Gasteiger partial charge >= 0.3 is 0 Å². The van der Waals surface area contributed by atoms with E-state index in [1.54, 1.807) is 27.8 Å². The molecule has 0 saturated carbocycles. The van der Waals surface area contributed by atoms with Crippen molar-refractivity contribution in [2.45, 2.75) is 39.3 Å². The van der Waals surface area contributed by atoms with Gasteiger partial charge in [-0.05, 0) is 27.3 Å². The summed E-state index contributed by atoms with van der Waals surface area (Å²) < 4.78 is 0. The first-order valence-electron chi connectivity index (χ1n) is 5.12. The second kappa shape index (κ2) is 5.70. The molecule has 0 aromatic rings. The molecule has 88 valence electrons. The first-order chi connectivity index (χ1) is 6.85. The van der Waals surface area contributed by atoms with E-state index in [-0.39, 0.29) is 11.8 Å². The van der Waals surface area contributed by atoms with E-state index in [4.69, 9.17) is 0 Å². The maximum atomic E-state index is 11.7. The lowest BCUT2D eigenvalue weighted by Crippen LogP contribution is -2.56. The summed E-state index contributed by atoms with van der Waals surface area (Å²) in [5.41, 5.74) is -0.656. The highest BCUT2D eigenvalue weighted by Gasteiger charge is 2.28. The number of hydrogen-bond donors (Lipinski definition) is 3. The van der Waals surface area contributed by atoms with Crippen LogP contribution < -0.4 is 16.0 Å². The van der Waals surface area contributed by atoms with Gasteiger partial charge < -0.3 is 16.0 Å². The fourth-order valence-electron chi connectivity index (χ4n) is 1.18. The first-order valence-corrected chi connectivity index (χ1v) is 5.12. The molecule has 1 atom stereocenters. The molecular formula is C10H21N3O2. The smallest absolute Gasteiger partial charge is 0.242 e. The van der Waals surface area contributed by atoms with Crippen LogP contribution in [0.2, 0.25) is 0 Å². The van der Waals surface area contributed by atoms with Crippen LogP contribution in [0.5, 0.6) is 0 Å². The highest BCUT2D eigenvalue weighted by Crippen LogP contribution is 2.02. The van der Waals surface area contributed by atoms with Crippen molar-refractivity contribution in [2.75, 3.05) is 13.6 Å². The van der Waals surface area contributed by atoms with Crippen molar-refractivity contribution >= 4 is 11.8 Å². The van der Waals surface area contributed by atoms with E-state index in [1.165, 1.54) is 0 Å². The molecule has 15 heavy (non-hydrogen) atoms. The van der Waals surface area contributed by atoms with Crippen molar-refractivity contribution in [3.8, 4) is 0 Å². The number of amides is 2. The molecular weight excluding hydrogens is 194 g/mol. The monoisotopic (exact) mass is 215 g/mol. The maximum absolute atomic E-state index is 11.7. The zero-order valence-corrected chi connectivity index (χ0v) is 10.1. The zero-order valence-electron chi connectivity index (χ0n) is 10.1. The van der Waals surface area contributed by atoms with Crippen molar-refractivity contribution in [3.63, 3.8) is 0 Å². The Hall–Kier alpha value is -1.10. The summed E-state index contributed by atoms with van der Waals surface area (Å²) in [5.74, 6) is -0.379. The molecule has 0 saturated heterocycles. The van der Waals surface area contributed by atoms with Gasteiger partial charge in [-0.3, -0.25) is 9.59 Å². The van der Waals surface area contributed by atoms with Crippen LogP contribution in [0.3, 0.4) is 0 Å². The largest absolute Gasteiger partial charge is 0.357 e. The van der Waals surface area contributed by atoms with E-state index in [1.807, 2.05) is 6.92 Å². The summed E-state index contributed by atoms with van der Waals surface area (Å²) in [7, 11) is 1.54. The predicted octanol–water partition coefficient (Wildman–Crippen LogP) is -0.375. The third-order valence-corrected chi connectivity index (χ3v) is 2.17. The lowest BCUT2D eigenvalue weighted by Gasteiger charge is -2.26. The Balaban J connectivity index is 4.29. The summed E-state index contributed by atoms with van der Waals surface area (Å²) in [6.07, 6.45) is 0. The standard InChI is InChI=1S/C10H21N3O2/c1-6-12-10(3,4)9(15)13-7(2)8(14)11-5/h7,12H,6H2,1-5H3,(H,11,14)(H,13,15). The van der Waals surface area contributed by atoms with E-state index >= 15 is 0 Å². The molecule has 0 bridgehead atoms. The molecule has 1 unspecified atom stereocenters. The molecule has 3 N–H and O–H groups in total. The number of carbonyl (C=O) groups is 2. The minimum Gasteiger partial charge on any atom is -0.357 e. The second-order valence-corrected chi connectivity index (χ2v) is 3.96. The van der Waals surface area contributed by atoms with Gasteiger partial charge in [0.2, 0.25) is 11.8 Å². The van der Waals surface area contributed by atoms with Crippen LogP contribution in [0, 0.1) is 0 Å². The average Bonchev–Trinajstić information content (AvgIpc) is 2.16. The average molecular weight is 215 g/mol. The molecule has 0 aliphatic carbocycles. The molecule has 0 fully saturated rings. The van der Waals surface area contributed by atoms with Crippen LogP contribution in [-0.4, -0.2) is 37.0 Å². The molecule has 0 heterocycles. The summed E-state index contributed by atoms with van der Waals surface area (Å²) >= 11 is 0. The first kappa shape index (κ1) is 13.9. The van der Waals surface area contributed by atoms with Gasteiger partial charge in [0.1, 0.15) is 6.04 Å². The number of nitrogens with one attached hydrogen (secondary N) is 3. The molecule has 0 aliphatic rings. The number of rotatable bonds is 5. The van der Waals surface area contributed by atoms with Crippen LogP contribution in [0.1, 0.15) is 27.7 Å². The third-order valence-electron chi connectivity index (χ3n) is 2.17. The highest BCUT2D eigenvalue weighted by molar-refractivity contribution is 5.91. The van der Waals surface area contributed by atoms with E-state index in [0.717, 1.165) is 0 Å². The molecule has 0 aromatic carbocycles. The molecule has 0 rings (SSSR count). The summed E-state index contributed by atoms with van der Waals surface area (Å²) in [6.45, 7) is 7.84. The number of carbonyl (C=O) groups excluding carboxylic acids is 2. The lowest BCUT2D eigenvalue weighted by molar-refractivity contribution is -0.131. The summed E-state index contributed by atoms with van der Waals surface area (Å²) in [6, 6.07) is -0.513. The van der Waals surface area contributed by atoms with Crippen molar-refractivity contribution in [3.05, 3.63) is 0 Å². The minimum atomic E-state index is -0.656.